The molecule has 2 aliphatic heterocycles. The summed E-state index contributed by atoms with van der Waals surface area (Å²) in [7, 11) is 1.67. The summed E-state index contributed by atoms with van der Waals surface area (Å²) < 4.78 is 3.95. The predicted molar refractivity (Wildman–Crippen MR) is 139 cm³/mol. The first kappa shape index (κ1) is 24.5. The third-order valence-electron chi connectivity index (χ3n) is 6.38. The van der Waals surface area contributed by atoms with E-state index in [1.54, 1.807) is 13.2 Å². The highest BCUT2D eigenvalue weighted by Crippen LogP contribution is 2.38. The van der Waals surface area contributed by atoms with E-state index in [1.165, 1.54) is 0 Å². The van der Waals surface area contributed by atoms with Gasteiger partial charge >= 0.3 is 0 Å². The van der Waals surface area contributed by atoms with E-state index in [-0.39, 0.29) is 24.8 Å². The van der Waals surface area contributed by atoms with E-state index in [9.17, 15) is 9.59 Å². The number of benzene rings is 1. The van der Waals surface area contributed by atoms with Crippen LogP contribution in [0, 0.1) is 0 Å². The molecule has 5 heterocycles. The number of imidazole rings is 1. The molecule has 4 aromatic rings. The predicted octanol–water partition coefficient (Wildman–Crippen LogP) is 2.22. The van der Waals surface area contributed by atoms with Gasteiger partial charge in [0.05, 0.1) is 40.3 Å². The standard InChI is InChI=1S/C24H21N7O2.2ClH/c1-26-22(25)15-11-13-5-4-6-14-20(27-8-10-31(15)21(13)14)19-18(23(32)29-24(19)33)16-12-28-17-7-2-3-9-30(16)17;;/h2-7,9,11-12,20,27H,8,10H2,1H3,(H2,25,26)(H,29,32,33);2*1H. The largest absolute Gasteiger partial charge is 0.382 e. The number of nitrogens with one attached hydrogen (secondary N) is 2. The van der Waals surface area contributed by atoms with Crippen LogP contribution in [0.2, 0.25) is 0 Å². The second-order valence-corrected chi connectivity index (χ2v) is 8.11. The monoisotopic (exact) mass is 511 g/mol. The van der Waals surface area contributed by atoms with E-state index in [0.717, 1.165) is 22.2 Å². The number of amides is 2. The molecule has 2 amide bonds. The lowest BCUT2D eigenvalue weighted by atomic mass is 9.93. The van der Waals surface area contributed by atoms with Crippen molar-refractivity contribution in [3.8, 4) is 0 Å². The molecule has 0 saturated heterocycles. The molecule has 0 radical (unpaired) electrons. The second-order valence-electron chi connectivity index (χ2n) is 8.11. The third-order valence-corrected chi connectivity index (χ3v) is 6.38. The summed E-state index contributed by atoms with van der Waals surface area (Å²) in [6.45, 7) is 1.23. The quantitative estimate of drug-likeness (QED) is 0.221. The van der Waals surface area contributed by atoms with Gasteiger partial charge in [-0.05, 0) is 23.8 Å². The SMILES string of the molecule is CN=C(N)c1cc2cccc3c2n1CCNC3C1=C(c2cnc3ccccn23)C(=O)NC1=O.Cl.Cl. The van der Waals surface area contributed by atoms with Gasteiger partial charge in [0, 0.05) is 31.7 Å². The summed E-state index contributed by atoms with van der Waals surface area (Å²) in [5.41, 5.74) is 10.9. The molecule has 6 rings (SSSR count). The maximum absolute atomic E-state index is 13.1. The number of pyridine rings is 1. The molecule has 3 aromatic heterocycles. The Labute approximate surface area is 212 Å². The summed E-state index contributed by atoms with van der Waals surface area (Å²) >= 11 is 0. The van der Waals surface area contributed by atoms with Crippen molar-refractivity contribution in [2.24, 2.45) is 10.7 Å². The maximum Gasteiger partial charge on any atom is 0.260 e. The van der Waals surface area contributed by atoms with Crippen molar-refractivity contribution >= 4 is 64.6 Å². The van der Waals surface area contributed by atoms with Crippen LogP contribution in [0.4, 0.5) is 0 Å². The van der Waals surface area contributed by atoms with Crippen molar-refractivity contribution in [2.75, 3.05) is 13.6 Å². The fourth-order valence-electron chi connectivity index (χ4n) is 4.95. The number of hydrogen-bond donors (Lipinski definition) is 3. The van der Waals surface area contributed by atoms with E-state index in [0.29, 0.717) is 41.4 Å². The van der Waals surface area contributed by atoms with Crippen molar-refractivity contribution in [3.05, 3.63) is 77.4 Å². The highest BCUT2D eigenvalue weighted by atomic mass is 35.5. The Kier molecular flexibility index (Phi) is 6.42. The molecule has 1 unspecified atom stereocenters. The van der Waals surface area contributed by atoms with E-state index < -0.39 is 17.9 Å². The van der Waals surface area contributed by atoms with Crippen LogP contribution >= 0.6 is 24.8 Å². The first-order valence-electron chi connectivity index (χ1n) is 10.7. The summed E-state index contributed by atoms with van der Waals surface area (Å²) in [5.74, 6) is -0.363. The van der Waals surface area contributed by atoms with Crippen molar-refractivity contribution in [3.63, 3.8) is 0 Å². The average Bonchev–Trinajstić information content (AvgIpc) is 3.45. The van der Waals surface area contributed by atoms with Gasteiger partial charge in [-0.15, -0.1) is 24.8 Å². The number of aromatic nitrogens is 3. The van der Waals surface area contributed by atoms with Crippen LogP contribution in [0.3, 0.4) is 0 Å². The zero-order valence-electron chi connectivity index (χ0n) is 18.7. The fourth-order valence-corrected chi connectivity index (χ4v) is 4.95. The van der Waals surface area contributed by atoms with Crippen molar-refractivity contribution < 1.29 is 9.59 Å². The van der Waals surface area contributed by atoms with E-state index in [4.69, 9.17) is 5.73 Å². The van der Waals surface area contributed by atoms with Crippen LogP contribution in [-0.4, -0.2) is 45.2 Å². The minimum Gasteiger partial charge on any atom is -0.382 e. The Hall–Kier alpha value is -3.66. The maximum atomic E-state index is 13.1. The number of amidine groups is 1. The van der Waals surface area contributed by atoms with Crippen molar-refractivity contribution in [1.29, 1.82) is 0 Å². The Morgan fingerprint density at radius 3 is 2.77 bits per heavy atom. The molecule has 11 heteroatoms. The molecule has 35 heavy (non-hydrogen) atoms. The molecule has 1 atom stereocenters. The van der Waals surface area contributed by atoms with Gasteiger partial charge in [-0.1, -0.05) is 24.3 Å². The Morgan fingerprint density at radius 1 is 1.14 bits per heavy atom. The third kappa shape index (κ3) is 3.59. The van der Waals surface area contributed by atoms with Crippen molar-refractivity contribution in [1.82, 2.24) is 24.6 Å². The molecule has 0 aliphatic carbocycles. The lowest BCUT2D eigenvalue weighted by Gasteiger charge is -2.19. The number of hydrogen-bond acceptors (Lipinski definition) is 5. The van der Waals surface area contributed by atoms with Gasteiger partial charge < -0.3 is 15.6 Å². The Balaban J connectivity index is 0.00000144. The van der Waals surface area contributed by atoms with E-state index in [1.807, 2.05) is 53.1 Å². The highest BCUT2D eigenvalue weighted by molar-refractivity contribution is 6.36. The Morgan fingerprint density at radius 2 is 1.97 bits per heavy atom. The lowest BCUT2D eigenvalue weighted by Crippen LogP contribution is -2.30. The molecular formula is C24H23Cl2N7O2. The number of halogens is 2. The summed E-state index contributed by atoms with van der Waals surface area (Å²) in [6, 6.07) is 13.1. The van der Waals surface area contributed by atoms with Crippen LogP contribution in [-0.2, 0) is 16.1 Å². The van der Waals surface area contributed by atoms with Gasteiger partial charge in [0.25, 0.3) is 11.8 Å². The zero-order chi connectivity index (χ0) is 22.7. The van der Waals surface area contributed by atoms with Crippen LogP contribution in [0.5, 0.6) is 0 Å². The van der Waals surface area contributed by atoms with Crippen LogP contribution in [0.1, 0.15) is 23.0 Å². The zero-order valence-corrected chi connectivity index (χ0v) is 20.3. The summed E-state index contributed by atoms with van der Waals surface area (Å²) in [6.07, 6.45) is 3.48. The summed E-state index contributed by atoms with van der Waals surface area (Å²) in [5, 5.41) is 6.99. The summed E-state index contributed by atoms with van der Waals surface area (Å²) in [4.78, 5) is 34.7. The first-order chi connectivity index (χ1) is 16.1. The molecule has 9 nitrogen and oxygen atoms in total. The fraction of sp³-hybridized carbons (Fsp3) is 0.167. The second kappa shape index (κ2) is 9.18. The van der Waals surface area contributed by atoms with Gasteiger partial charge in [-0.2, -0.15) is 0 Å². The highest BCUT2D eigenvalue weighted by Gasteiger charge is 2.39. The number of nitrogens with zero attached hydrogens (tertiary/aromatic N) is 4. The van der Waals surface area contributed by atoms with Gasteiger partial charge in [0.1, 0.15) is 11.5 Å². The molecule has 0 saturated carbocycles. The number of para-hydroxylation sites is 1. The lowest BCUT2D eigenvalue weighted by molar-refractivity contribution is -0.123. The molecule has 2 aliphatic rings. The van der Waals surface area contributed by atoms with E-state index in [2.05, 4.69) is 25.2 Å². The van der Waals surface area contributed by atoms with Crippen LogP contribution in [0.25, 0.3) is 22.1 Å². The molecule has 180 valence electrons. The average molecular weight is 512 g/mol. The number of imide groups is 1. The molecular weight excluding hydrogens is 489 g/mol. The minimum atomic E-state index is -0.479. The number of rotatable bonds is 3. The van der Waals surface area contributed by atoms with Gasteiger partial charge in [0.15, 0.2) is 0 Å². The van der Waals surface area contributed by atoms with Crippen LogP contribution in [0.15, 0.2) is 65.4 Å². The van der Waals surface area contributed by atoms with E-state index >= 15 is 0 Å². The van der Waals surface area contributed by atoms with Gasteiger partial charge in [0.2, 0.25) is 0 Å². The topological polar surface area (TPSA) is 119 Å². The number of aliphatic imine (C=N–C) groups is 1. The minimum absolute atomic E-state index is 0. The number of nitrogens with two attached hydrogens (primary N) is 1. The molecule has 1 aromatic carbocycles. The number of fused-ring (bicyclic) bond motifs is 1. The van der Waals surface area contributed by atoms with Crippen molar-refractivity contribution in [2.45, 2.75) is 12.6 Å². The molecule has 0 spiro atoms. The molecule has 0 fully saturated rings. The number of carbonyl (C=O) groups is 2. The first-order valence-corrected chi connectivity index (χ1v) is 10.7. The smallest absolute Gasteiger partial charge is 0.260 e. The normalized spacial score (nSPS) is 17.9. The van der Waals surface area contributed by atoms with Gasteiger partial charge in [-0.3, -0.25) is 24.3 Å². The Bertz CT molecular complexity index is 1550. The van der Waals surface area contributed by atoms with Crippen LogP contribution < -0.4 is 16.4 Å². The van der Waals surface area contributed by atoms with Gasteiger partial charge in [-0.25, -0.2) is 4.98 Å². The molecule has 0 bridgehead atoms. The molecule has 4 N–H and O–H groups in total. The number of carbonyl (C=O) groups excluding carboxylic acids is 2.